The number of hydrogen-bond acceptors (Lipinski definition) is 1. The molecule has 0 radical (unpaired) electrons. The van der Waals surface area contributed by atoms with Crippen molar-refractivity contribution in [2.75, 3.05) is 0 Å². The fraction of sp³-hybridized carbons (Fsp3) is 0.278. The second-order valence-corrected chi connectivity index (χ2v) is 5.16. The first-order valence-corrected chi connectivity index (χ1v) is 7.05. The molecule has 0 aliphatic carbocycles. The average Bonchev–Trinajstić information content (AvgIpc) is 2.46. The summed E-state index contributed by atoms with van der Waals surface area (Å²) >= 11 is 0. The van der Waals surface area contributed by atoms with Crippen LogP contribution in [-0.2, 0) is 0 Å². The van der Waals surface area contributed by atoms with E-state index in [1.807, 2.05) is 31.2 Å². The van der Waals surface area contributed by atoms with Gasteiger partial charge in [0.1, 0.15) is 0 Å². The van der Waals surface area contributed by atoms with Crippen molar-refractivity contribution in [1.82, 2.24) is 5.32 Å². The molecule has 0 saturated carbocycles. The summed E-state index contributed by atoms with van der Waals surface area (Å²) in [6.45, 7) is 6.11. The molecule has 0 fully saturated rings. The van der Waals surface area contributed by atoms with Crippen LogP contribution in [0, 0.1) is 13.8 Å². The van der Waals surface area contributed by atoms with Gasteiger partial charge in [-0.1, -0.05) is 55.0 Å². The molecular weight excluding hydrogens is 246 g/mol. The Labute approximate surface area is 120 Å². The smallest absolute Gasteiger partial charge is 0.252 e. The summed E-state index contributed by atoms with van der Waals surface area (Å²) in [5, 5.41) is 3.12. The van der Waals surface area contributed by atoms with E-state index in [4.69, 9.17) is 0 Å². The number of nitrogens with one attached hydrogen (secondary N) is 1. The Morgan fingerprint density at radius 3 is 2.30 bits per heavy atom. The molecule has 2 aromatic rings. The second-order valence-electron chi connectivity index (χ2n) is 5.16. The SMILES string of the molecule is CC[C@@H](NC(=O)c1ccccc1C)c1ccc(C)cc1. The van der Waals surface area contributed by atoms with Gasteiger partial charge in [-0.15, -0.1) is 0 Å². The van der Waals surface area contributed by atoms with Crippen LogP contribution >= 0.6 is 0 Å². The maximum absolute atomic E-state index is 12.4. The first kappa shape index (κ1) is 14.3. The maximum Gasteiger partial charge on any atom is 0.252 e. The van der Waals surface area contributed by atoms with Crippen LogP contribution in [0.3, 0.4) is 0 Å². The minimum Gasteiger partial charge on any atom is -0.345 e. The van der Waals surface area contributed by atoms with Crippen molar-refractivity contribution in [3.05, 3.63) is 70.8 Å². The van der Waals surface area contributed by atoms with Crippen LogP contribution in [-0.4, -0.2) is 5.91 Å². The van der Waals surface area contributed by atoms with Crippen LogP contribution in [0.5, 0.6) is 0 Å². The maximum atomic E-state index is 12.4. The van der Waals surface area contributed by atoms with Crippen LogP contribution in [0.4, 0.5) is 0 Å². The van der Waals surface area contributed by atoms with Crippen LogP contribution in [0.25, 0.3) is 0 Å². The molecule has 1 N–H and O–H groups in total. The predicted octanol–water partition coefficient (Wildman–Crippen LogP) is 4.18. The van der Waals surface area contributed by atoms with Crippen LogP contribution in [0.1, 0.15) is 46.4 Å². The molecule has 2 nitrogen and oxygen atoms in total. The van der Waals surface area contributed by atoms with Crippen molar-refractivity contribution in [3.63, 3.8) is 0 Å². The minimum absolute atomic E-state index is 0.00414. The number of carbonyl (C=O) groups excluding carboxylic acids is 1. The van der Waals surface area contributed by atoms with Gasteiger partial charge in [-0.3, -0.25) is 4.79 Å². The summed E-state index contributed by atoms with van der Waals surface area (Å²) in [4.78, 5) is 12.4. The molecule has 0 heterocycles. The first-order chi connectivity index (χ1) is 9.61. The number of rotatable bonds is 4. The molecular formula is C18H21NO. The minimum atomic E-state index is -0.00414. The zero-order chi connectivity index (χ0) is 14.5. The highest BCUT2D eigenvalue weighted by atomic mass is 16.1. The zero-order valence-corrected chi connectivity index (χ0v) is 12.3. The molecule has 0 aliphatic heterocycles. The van der Waals surface area contributed by atoms with Gasteiger partial charge in [0.05, 0.1) is 6.04 Å². The van der Waals surface area contributed by atoms with Gasteiger partial charge in [0.2, 0.25) is 0 Å². The predicted molar refractivity (Wildman–Crippen MR) is 82.9 cm³/mol. The van der Waals surface area contributed by atoms with Crippen molar-refractivity contribution in [2.24, 2.45) is 0 Å². The molecule has 0 bridgehead atoms. The average molecular weight is 267 g/mol. The van der Waals surface area contributed by atoms with Crippen molar-refractivity contribution in [1.29, 1.82) is 0 Å². The summed E-state index contributed by atoms with van der Waals surface area (Å²) in [6.07, 6.45) is 0.876. The fourth-order valence-electron chi connectivity index (χ4n) is 2.28. The van der Waals surface area contributed by atoms with E-state index in [1.54, 1.807) is 0 Å². The highest BCUT2D eigenvalue weighted by Crippen LogP contribution is 2.18. The van der Waals surface area contributed by atoms with Gasteiger partial charge in [-0.2, -0.15) is 0 Å². The zero-order valence-electron chi connectivity index (χ0n) is 12.3. The Balaban J connectivity index is 2.16. The van der Waals surface area contributed by atoms with Gasteiger partial charge in [0, 0.05) is 5.56 Å². The van der Waals surface area contributed by atoms with E-state index in [0.717, 1.165) is 23.1 Å². The molecule has 0 unspecified atom stereocenters. The van der Waals surface area contributed by atoms with E-state index in [0.29, 0.717) is 0 Å². The first-order valence-electron chi connectivity index (χ1n) is 7.05. The van der Waals surface area contributed by atoms with E-state index >= 15 is 0 Å². The molecule has 104 valence electrons. The largest absolute Gasteiger partial charge is 0.345 e. The number of carbonyl (C=O) groups is 1. The van der Waals surface area contributed by atoms with E-state index in [2.05, 4.69) is 43.4 Å². The third-order valence-electron chi connectivity index (χ3n) is 3.58. The van der Waals surface area contributed by atoms with Gasteiger partial charge in [0.25, 0.3) is 5.91 Å². The van der Waals surface area contributed by atoms with Gasteiger partial charge >= 0.3 is 0 Å². The number of hydrogen-bond donors (Lipinski definition) is 1. The van der Waals surface area contributed by atoms with E-state index in [-0.39, 0.29) is 11.9 Å². The highest BCUT2D eigenvalue weighted by molar-refractivity contribution is 5.95. The highest BCUT2D eigenvalue weighted by Gasteiger charge is 2.15. The molecule has 0 spiro atoms. The monoisotopic (exact) mass is 267 g/mol. The normalized spacial score (nSPS) is 11.9. The van der Waals surface area contributed by atoms with E-state index in [1.165, 1.54) is 5.56 Å². The molecule has 1 amide bonds. The van der Waals surface area contributed by atoms with Crippen LogP contribution < -0.4 is 5.32 Å². The van der Waals surface area contributed by atoms with Crippen molar-refractivity contribution >= 4 is 5.91 Å². The molecule has 2 heteroatoms. The number of aryl methyl sites for hydroxylation is 2. The Kier molecular flexibility index (Phi) is 4.57. The Hall–Kier alpha value is -2.09. The summed E-state index contributed by atoms with van der Waals surface area (Å²) in [5.41, 5.74) is 4.13. The van der Waals surface area contributed by atoms with E-state index < -0.39 is 0 Å². The molecule has 1 atom stereocenters. The molecule has 0 saturated heterocycles. The summed E-state index contributed by atoms with van der Waals surface area (Å²) in [7, 11) is 0. The fourth-order valence-corrected chi connectivity index (χ4v) is 2.28. The van der Waals surface area contributed by atoms with Crippen molar-refractivity contribution < 1.29 is 4.79 Å². The summed E-state index contributed by atoms with van der Waals surface area (Å²) in [6, 6.07) is 16.1. The third kappa shape index (κ3) is 3.27. The Morgan fingerprint density at radius 1 is 1.05 bits per heavy atom. The number of amides is 1. The van der Waals surface area contributed by atoms with Gasteiger partial charge < -0.3 is 5.32 Å². The Bertz CT molecular complexity index is 587. The molecule has 0 aliphatic rings. The quantitative estimate of drug-likeness (QED) is 0.884. The topological polar surface area (TPSA) is 29.1 Å². The Morgan fingerprint density at radius 2 is 1.70 bits per heavy atom. The van der Waals surface area contributed by atoms with Crippen LogP contribution in [0.2, 0.25) is 0 Å². The molecule has 0 aromatic heterocycles. The molecule has 20 heavy (non-hydrogen) atoms. The standard InChI is InChI=1S/C18H21NO/c1-4-17(15-11-9-13(2)10-12-15)19-18(20)16-8-6-5-7-14(16)3/h5-12,17H,4H2,1-3H3,(H,19,20)/t17-/m1/s1. The lowest BCUT2D eigenvalue weighted by Crippen LogP contribution is -2.28. The molecule has 2 rings (SSSR count). The van der Waals surface area contributed by atoms with Crippen molar-refractivity contribution in [3.8, 4) is 0 Å². The van der Waals surface area contributed by atoms with Crippen molar-refractivity contribution in [2.45, 2.75) is 33.2 Å². The van der Waals surface area contributed by atoms with Gasteiger partial charge in [0.15, 0.2) is 0 Å². The van der Waals surface area contributed by atoms with Gasteiger partial charge in [-0.25, -0.2) is 0 Å². The second kappa shape index (κ2) is 6.38. The summed E-state index contributed by atoms with van der Waals surface area (Å²) in [5.74, 6) is -0.00414. The van der Waals surface area contributed by atoms with Crippen LogP contribution in [0.15, 0.2) is 48.5 Å². The van der Waals surface area contributed by atoms with E-state index in [9.17, 15) is 4.79 Å². The van der Waals surface area contributed by atoms with Gasteiger partial charge in [-0.05, 0) is 37.5 Å². The summed E-state index contributed by atoms with van der Waals surface area (Å²) < 4.78 is 0. The lowest BCUT2D eigenvalue weighted by molar-refractivity contribution is 0.0935. The lowest BCUT2D eigenvalue weighted by atomic mass is 10.0. The molecule has 2 aromatic carbocycles. The number of benzene rings is 2. The third-order valence-corrected chi connectivity index (χ3v) is 3.58. The lowest BCUT2D eigenvalue weighted by Gasteiger charge is -2.18.